The topological polar surface area (TPSA) is 89.8 Å². The number of nitriles is 1. The van der Waals surface area contributed by atoms with E-state index in [1.807, 2.05) is 4.90 Å². The number of benzene rings is 1. The van der Waals surface area contributed by atoms with Gasteiger partial charge in [0.05, 0.1) is 27.7 Å². The van der Waals surface area contributed by atoms with E-state index in [1.165, 1.54) is 12.4 Å². The molecule has 2 aliphatic heterocycles. The molecule has 7 nitrogen and oxygen atoms in total. The first kappa shape index (κ1) is 20.5. The summed E-state index contributed by atoms with van der Waals surface area (Å²) in [6.45, 7) is 1.48. The third kappa shape index (κ3) is 3.12. The number of hydrogen-bond acceptors (Lipinski definition) is 7. The average molecular weight is 468 g/mol. The van der Waals surface area contributed by atoms with Gasteiger partial charge in [-0.05, 0) is 37.3 Å². The maximum absolute atomic E-state index is 15.2. The maximum Gasteiger partial charge on any atom is 0.167 e. The zero-order valence-electron chi connectivity index (χ0n) is 17.6. The molecule has 6 rings (SSSR count). The summed E-state index contributed by atoms with van der Waals surface area (Å²) in [7, 11) is 0. The van der Waals surface area contributed by atoms with Gasteiger partial charge in [0, 0.05) is 31.2 Å². The third-order valence-electron chi connectivity index (χ3n) is 7.15. The molecule has 2 saturated heterocycles. The van der Waals surface area contributed by atoms with Crippen molar-refractivity contribution in [2.24, 2.45) is 0 Å². The molecule has 33 heavy (non-hydrogen) atoms. The average Bonchev–Trinajstić information content (AvgIpc) is 3.41. The number of hydrogen-bond donors (Lipinski definition) is 2. The van der Waals surface area contributed by atoms with Crippen LogP contribution in [-0.2, 0) is 5.41 Å². The fourth-order valence-electron chi connectivity index (χ4n) is 5.18. The second-order valence-corrected chi connectivity index (χ2v) is 9.37. The Kier molecular flexibility index (Phi) is 4.64. The second-order valence-electron chi connectivity index (χ2n) is 8.99. The fourth-order valence-corrected chi connectivity index (χ4v) is 5.53. The van der Waals surface area contributed by atoms with Crippen LogP contribution in [0.15, 0.2) is 24.5 Å². The van der Waals surface area contributed by atoms with Crippen LogP contribution < -0.4 is 15.5 Å². The van der Waals surface area contributed by atoms with Crippen molar-refractivity contribution < 1.29 is 8.78 Å². The van der Waals surface area contributed by atoms with E-state index in [4.69, 9.17) is 11.6 Å². The number of rotatable bonds is 4. The van der Waals surface area contributed by atoms with Crippen LogP contribution in [0.25, 0.3) is 11.0 Å². The van der Waals surface area contributed by atoms with Gasteiger partial charge in [-0.1, -0.05) is 17.7 Å². The van der Waals surface area contributed by atoms with Crippen LogP contribution in [-0.4, -0.2) is 40.1 Å². The number of nitrogens with one attached hydrogen (secondary N) is 2. The summed E-state index contributed by atoms with van der Waals surface area (Å²) in [5, 5.41) is 15.9. The molecule has 168 valence electrons. The van der Waals surface area contributed by atoms with E-state index in [2.05, 4.69) is 31.7 Å². The number of nitrogens with zero attached hydrogens (tertiary/aromatic N) is 5. The first-order valence-corrected chi connectivity index (χ1v) is 11.3. The van der Waals surface area contributed by atoms with Gasteiger partial charge in [0.25, 0.3) is 0 Å². The number of fused-ring (bicyclic) bond motifs is 3. The smallest absolute Gasteiger partial charge is 0.167 e. The summed E-state index contributed by atoms with van der Waals surface area (Å²) in [5.74, 6) is -0.595. The molecule has 4 heterocycles. The summed E-state index contributed by atoms with van der Waals surface area (Å²) >= 11 is 6.35. The molecule has 10 heteroatoms. The van der Waals surface area contributed by atoms with Crippen LogP contribution in [0.1, 0.15) is 31.2 Å². The standard InChI is InChI=1S/C23H20ClF2N7/c24-18-14(23(10-27)4-1-5-23)2-3-16(19(18)26)31-21-20-17(29-11-30-21)7-15(25)22(32-20)33-9-12-6-13(33)8-28-12/h2-3,7,11-13,28H,1,4-6,8-9H2,(H,29,30,31)/t12-,13-/m0/s1. The van der Waals surface area contributed by atoms with Crippen molar-refractivity contribution in [1.29, 1.82) is 5.26 Å². The van der Waals surface area contributed by atoms with Gasteiger partial charge >= 0.3 is 0 Å². The lowest BCUT2D eigenvalue weighted by atomic mass is 9.65. The SMILES string of the molecule is N#CC1(c2ccc(Nc3ncnc4cc(F)c(N5C[C@@H]6C[C@H]5CN6)nc34)c(F)c2Cl)CCC1. The van der Waals surface area contributed by atoms with Crippen molar-refractivity contribution in [2.45, 2.75) is 43.2 Å². The van der Waals surface area contributed by atoms with E-state index in [0.717, 1.165) is 19.4 Å². The molecule has 0 amide bonds. The van der Waals surface area contributed by atoms with Crippen molar-refractivity contribution >= 4 is 40.0 Å². The van der Waals surface area contributed by atoms with Crippen LogP contribution in [0.4, 0.5) is 26.1 Å². The van der Waals surface area contributed by atoms with E-state index in [-0.39, 0.29) is 28.4 Å². The number of pyridine rings is 1. The van der Waals surface area contributed by atoms with Gasteiger partial charge in [0.15, 0.2) is 23.3 Å². The normalized spacial score (nSPS) is 22.9. The summed E-state index contributed by atoms with van der Waals surface area (Å²) < 4.78 is 30.1. The number of halogens is 3. The Morgan fingerprint density at radius 3 is 2.79 bits per heavy atom. The predicted molar refractivity (Wildman–Crippen MR) is 121 cm³/mol. The monoisotopic (exact) mass is 467 g/mol. The lowest BCUT2D eigenvalue weighted by Gasteiger charge is -2.36. The van der Waals surface area contributed by atoms with Gasteiger partial charge in [-0.15, -0.1) is 0 Å². The Morgan fingerprint density at radius 2 is 2.12 bits per heavy atom. The van der Waals surface area contributed by atoms with Crippen molar-refractivity contribution in [1.82, 2.24) is 20.3 Å². The molecule has 1 aliphatic carbocycles. The molecule has 3 aromatic rings. The summed E-state index contributed by atoms with van der Waals surface area (Å²) in [6, 6.07) is 7.40. The number of piperazine rings is 1. The van der Waals surface area contributed by atoms with Gasteiger partial charge < -0.3 is 15.5 Å². The molecule has 1 aromatic carbocycles. The van der Waals surface area contributed by atoms with Crippen molar-refractivity contribution in [3.05, 3.63) is 46.7 Å². The molecular weight excluding hydrogens is 448 g/mol. The Balaban J connectivity index is 1.38. The van der Waals surface area contributed by atoms with Gasteiger partial charge in [-0.3, -0.25) is 0 Å². The van der Waals surface area contributed by atoms with Crippen LogP contribution in [0.3, 0.4) is 0 Å². The molecule has 2 bridgehead atoms. The van der Waals surface area contributed by atoms with Gasteiger partial charge in [0.1, 0.15) is 11.8 Å². The molecule has 2 atom stereocenters. The molecule has 3 aliphatic rings. The summed E-state index contributed by atoms with van der Waals surface area (Å²) in [6.07, 6.45) is 4.48. The Hall–Kier alpha value is -3.09. The van der Waals surface area contributed by atoms with Crippen molar-refractivity contribution in [3.63, 3.8) is 0 Å². The van der Waals surface area contributed by atoms with Gasteiger partial charge in [0.2, 0.25) is 0 Å². The first-order chi connectivity index (χ1) is 16.0. The predicted octanol–water partition coefficient (Wildman–Crippen LogP) is 4.20. The van der Waals surface area contributed by atoms with Crippen molar-refractivity contribution in [2.75, 3.05) is 23.3 Å². The molecule has 2 N–H and O–H groups in total. The minimum absolute atomic E-state index is 0.0695. The largest absolute Gasteiger partial charge is 0.348 e. The minimum atomic E-state index is -0.726. The Morgan fingerprint density at radius 1 is 1.27 bits per heavy atom. The minimum Gasteiger partial charge on any atom is -0.348 e. The molecule has 3 fully saturated rings. The van der Waals surface area contributed by atoms with E-state index < -0.39 is 17.0 Å². The van der Waals surface area contributed by atoms with Crippen LogP contribution in [0, 0.1) is 23.0 Å². The molecule has 0 radical (unpaired) electrons. The van der Waals surface area contributed by atoms with Gasteiger partial charge in [-0.25, -0.2) is 23.7 Å². The molecule has 0 spiro atoms. The summed E-state index contributed by atoms with van der Waals surface area (Å²) in [4.78, 5) is 14.9. The highest BCUT2D eigenvalue weighted by atomic mass is 35.5. The highest BCUT2D eigenvalue weighted by Crippen LogP contribution is 2.47. The van der Waals surface area contributed by atoms with Crippen LogP contribution in [0.2, 0.25) is 5.02 Å². The zero-order chi connectivity index (χ0) is 22.7. The van der Waals surface area contributed by atoms with Gasteiger partial charge in [-0.2, -0.15) is 5.26 Å². The van der Waals surface area contributed by atoms with Crippen LogP contribution in [0.5, 0.6) is 0 Å². The Labute approximate surface area is 193 Å². The highest BCUT2D eigenvalue weighted by Gasteiger charge is 2.42. The summed E-state index contributed by atoms with van der Waals surface area (Å²) in [5.41, 5.74) is 0.548. The van der Waals surface area contributed by atoms with E-state index in [9.17, 15) is 9.65 Å². The van der Waals surface area contributed by atoms with E-state index in [1.54, 1.807) is 12.1 Å². The van der Waals surface area contributed by atoms with Crippen molar-refractivity contribution in [3.8, 4) is 6.07 Å². The quantitative estimate of drug-likeness (QED) is 0.594. The Bertz CT molecular complexity index is 1320. The lowest BCUT2D eigenvalue weighted by molar-refractivity contribution is 0.323. The second kappa shape index (κ2) is 7.47. The number of anilines is 3. The number of aromatic nitrogens is 3. The van der Waals surface area contributed by atoms with E-state index >= 15 is 4.39 Å². The highest BCUT2D eigenvalue weighted by molar-refractivity contribution is 6.32. The zero-order valence-corrected chi connectivity index (χ0v) is 18.3. The van der Waals surface area contributed by atoms with Crippen LogP contribution >= 0.6 is 11.6 Å². The molecule has 2 aromatic heterocycles. The fraction of sp³-hybridized carbons (Fsp3) is 0.391. The van der Waals surface area contributed by atoms with E-state index in [0.29, 0.717) is 42.0 Å². The molecule has 0 unspecified atom stereocenters. The molecule has 1 saturated carbocycles. The molecular formula is C23H20ClF2N7. The maximum atomic E-state index is 15.2. The first-order valence-electron chi connectivity index (χ1n) is 11.0. The third-order valence-corrected chi connectivity index (χ3v) is 7.52. The lowest BCUT2D eigenvalue weighted by Crippen LogP contribution is -2.44.